The van der Waals surface area contributed by atoms with Gasteiger partial charge in [0.05, 0.1) is 4.92 Å². The summed E-state index contributed by atoms with van der Waals surface area (Å²) in [4.78, 5) is 18.9. The molecule has 0 spiro atoms. The summed E-state index contributed by atoms with van der Waals surface area (Å²) < 4.78 is 0. The molecule has 19 heavy (non-hydrogen) atoms. The van der Waals surface area contributed by atoms with Crippen molar-refractivity contribution < 1.29 is 4.92 Å². The van der Waals surface area contributed by atoms with E-state index in [1.54, 1.807) is 14.0 Å². The maximum absolute atomic E-state index is 11.1. The van der Waals surface area contributed by atoms with Crippen molar-refractivity contribution in [1.29, 1.82) is 0 Å². The van der Waals surface area contributed by atoms with Gasteiger partial charge in [-0.05, 0) is 19.8 Å². The number of hydrogen-bond donors (Lipinski definition) is 2. The molecule has 0 saturated carbocycles. The fourth-order valence-corrected chi connectivity index (χ4v) is 2.13. The quantitative estimate of drug-likeness (QED) is 0.630. The summed E-state index contributed by atoms with van der Waals surface area (Å²) in [7, 11) is 1.69. The van der Waals surface area contributed by atoms with Crippen LogP contribution in [-0.2, 0) is 0 Å². The van der Waals surface area contributed by atoms with Crippen molar-refractivity contribution in [3.05, 3.63) is 15.8 Å². The first kappa shape index (κ1) is 13.5. The normalized spacial score (nSPS) is 16.1. The van der Waals surface area contributed by atoms with Gasteiger partial charge in [-0.15, -0.1) is 0 Å². The van der Waals surface area contributed by atoms with Crippen LogP contribution in [0.25, 0.3) is 0 Å². The number of nitro groups is 1. The molecule has 2 N–H and O–H groups in total. The number of piperidine rings is 1. The summed E-state index contributed by atoms with van der Waals surface area (Å²) in [5.41, 5.74) is 3.33. The van der Waals surface area contributed by atoms with E-state index in [2.05, 4.69) is 20.7 Å². The Bertz CT molecular complexity index is 472. The van der Waals surface area contributed by atoms with Gasteiger partial charge in [0.15, 0.2) is 0 Å². The highest BCUT2D eigenvalue weighted by atomic mass is 16.6. The Labute approximate surface area is 111 Å². The molecular weight excluding hydrogens is 248 g/mol. The number of anilines is 2. The summed E-state index contributed by atoms with van der Waals surface area (Å²) in [6.45, 7) is 3.35. The Balaban J connectivity index is 2.29. The predicted octanol–water partition coefficient (Wildman–Crippen LogP) is 1.55. The molecule has 8 heteroatoms. The van der Waals surface area contributed by atoms with Crippen LogP contribution >= 0.6 is 0 Å². The van der Waals surface area contributed by atoms with E-state index in [9.17, 15) is 10.1 Å². The molecule has 2 heterocycles. The average molecular weight is 266 g/mol. The van der Waals surface area contributed by atoms with Gasteiger partial charge in [-0.25, -0.2) is 9.99 Å². The van der Waals surface area contributed by atoms with Crippen LogP contribution in [0.15, 0.2) is 0 Å². The Morgan fingerprint density at radius 2 is 1.95 bits per heavy atom. The zero-order valence-electron chi connectivity index (χ0n) is 11.1. The molecule has 104 valence electrons. The zero-order valence-corrected chi connectivity index (χ0v) is 11.1. The highest BCUT2D eigenvalue weighted by Crippen LogP contribution is 2.27. The summed E-state index contributed by atoms with van der Waals surface area (Å²) in [5, 5.41) is 15.9. The Morgan fingerprint density at radius 3 is 2.53 bits per heavy atom. The molecule has 0 aliphatic carbocycles. The average Bonchev–Trinajstić information content (AvgIpc) is 2.38. The first-order valence-corrected chi connectivity index (χ1v) is 6.34. The third kappa shape index (κ3) is 3.08. The van der Waals surface area contributed by atoms with E-state index in [1.165, 1.54) is 6.42 Å². The van der Waals surface area contributed by atoms with E-state index in [0.717, 1.165) is 25.9 Å². The second-order valence-electron chi connectivity index (χ2n) is 4.50. The molecule has 0 aromatic carbocycles. The molecule has 1 aliphatic rings. The van der Waals surface area contributed by atoms with Crippen LogP contribution in [0.4, 0.5) is 17.5 Å². The standard InChI is InChI=1S/C11H18N6O2/c1-8-9(17(18)19)10(14-11(12-2)13-8)15-16-6-4-3-5-7-16/h3-7H2,1-2H3,(H2,12,13,14,15). The van der Waals surface area contributed by atoms with E-state index in [0.29, 0.717) is 11.6 Å². The third-order valence-electron chi connectivity index (χ3n) is 3.08. The summed E-state index contributed by atoms with van der Waals surface area (Å²) in [6.07, 6.45) is 3.37. The SMILES string of the molecule is CNc1nc(C)c([N+](=O)[O-])c(NN2CCCCC2)n1. The van der Waals surface area contributed by atoms with E-state index in [1.807, 2.05) is 5.01 Å². The molecule has 8 nitrogen and oxygen atoms in total. The molecule has 1 aliphatic heterocycles. The molecule has 0 atom stereocenters. The van der Waals surface area contributed by atoms with Gasteiger partial charge < -0.3 is 5.32 Å². The first-order chi connectivity index (χ1) is 9.11. The summed E-state index contributed by atoms with van der Waals surface area (Å²) in [6, 6.07) is 0. The fourth-order valence-electron chi connectivity index (χ4n) is 2.13. The molecule has 0 unspecified atom stereocenters. The lowest BCUT2D eigenvalue weighted by Crippen LogP contribution is -2.35. The molecule has 1 aromatic heterocycles. The van der Waals surface area contributed by atoms with Crippen molar-refractivity contribution in [3.63, 3.8) is 0 Å². The van der Waals surface area contributed by atoms with Crippen LogP contribution < -0.4 is 10.7 Å². The fraction of sp³-hybridized carbons (Fsp3) is 0.636. The largest absolute Gasteiger partial charge is 0.357 e. The minimum absolute atomic E-state index is 0.0652. The van der Waals surface area contributed by atoms with E-state index >= 15 is 0 Å². The van der Waals surface area contributed by atoms with E-state index in [-0.39, 0.29) is 11.5 Å². The number of aryl methyl sites for hydroxylation is 1. The lowest BCUT2D eigenvalue weighted by Gasteiger charge is -2.27. The van der Waals surface area contributed by atoms with Gasteiger partial charge in [-0.2, -0.15) is 4.98 Å². The van der Waals surface area contributed by atoms with Gasteiger partial charge in [0.2, 0.25) is 11.8 Å². The van der Waals surface area contributed by atoms with Gasteiger partial charge in [0.1, 0.15) is 5.69 Å². The molecule has 1 fully saturated rings. The zero-order chi connectivity index (χ0) is 13.8. The van der Waals surface area contributed by atoms with Crippen LogP contribution in [-0.4, -0.2) is 40.0 Å². The molecule has 2 rings (SSSR count). The van der Waals surface area contributed by atoms with Crippen molar-refractivity contribution in [1.82, 2.24) is 15.0 Å². The number of hydrogen-bond acceptors (Lipinski definition) is 7. The highest BCUT2D eigenvalue weighted by Gasteiger charge is 2.23. The van der Waals surface area contributed by atoms with Gasteiger partial charge in [0.25, 0.3) is 0 Å². The van der Waals surface area contributed by atoms with Crippen LogP contribution in [0.1, 0.15) is 25.0 Å². The number of hydrazine groups is 1. The molecule has 0 radical (unpaired) electrons. The van der Waals surface area contributed by atoms with Crippen LogP contribution in [0.3, 0.4) is 0 Å². The Hall–Kier alpha value is -1.96. The van der Waals surface area contributed by atoms with Crippen molar-refractivity contribution in [2.75, 3.05) is 30.9 Å². The van der Waals surface area contributed by atoms with E-state index in [4.69, 9.17) is 0 Å². The monoisotopic (exact) mass is 266 g/mol. The highest BCUT2D eigenvalue weighted by molar-refractivity contribution is 5.60. The summed E-state index contributed by atoms with van der Waals surface area (Å²) >= 11 is 0. The molecule has 0 bridgehead atoms. The van der Waals surface area contributed by atoms with Crippen LogP contribution in [0.2, 0.25) is 0 Å². The predicted molar refractivity (Wildman–Crippen MR) is 72.0 cm³/mol. The first-order valence-electron chi connectivity index (χ1n) is 6.34. The molecule has 0 amide bonds. The van der Waals surface area contributed by atoms with Crippen molar-refractivity contribution >= 4 is 17.5 Å². The number of aromatic nitrogens is 2. The topological polar surface area (TPSA) is 96.2 Å². The number of nitrogens with zero attached hydrogens (tertiary/aromatic N) is 4. The van der Waals surface area contributed by atoms with Crippen LogP contribution in [0.5, 0.6) is 0 Å². The van der Waals surface area contributed by atoms with Gasteiger partial charge >= 0.3 is 5.69 Å². The second-order valence-corrected chi connectivity index (χ2v) is 4.50. The van der Waals surface area contributed by atoms with Crippen LogP contribution in [0, 0.1) is 17.0 Å². The van der Waals surface area contributed by atoms with Gasteiger partial charge in [-0.3, -0.25) is 15.5 Å². The lowest BCUT2D eigenvalue weighted by molar-refractivity contribution is -0.385. The Morgan fingerprint density at radius 1 is 1.26 bits per heavy atom. The van der Waals surface area contributed by atoms with E-state index < -0.39 is 4.92 Å². The minimum atomic E-state index is -0.443. The van der Waals surface area contributed by atoms with Gasteiger partial charge in [-0.1, -0.05) is 6.42 Å². The Kier molecular flexibility index (Phi) is 4.10. The van der Waals surface area contributed by atoms with Crippen molar-refractivity contribution in [2.45, 2.75) is 26.2 Å². The smallest absolute Gasteiger partial charge is 0.333 e. The van der Waals surface area contributed by atoms with Crippen molar-refractivity contribution in [2.24, 2.45) is 0 Å². The second kappa shape index (κ2) is 5.79. The molecular formula is C11H18N6O2. The lowest BCUT2D eigenvalue weighted by atomic mass is 10.2. The summed E-state index contributed by atoms with van der Waals surface area (Å²) in [5.74, 6) is 0.631. The molecule has 1 aromatic rings. The minimum Gasteiger partial charge on any atom is -0.357 e. The number of rotatable bonds is 4. The third-order valence-corrected chi connectivity index (χ3v) is 3.08. The van der Waals surface area contributed by atoms with Crippen molar-refractivity contribution in [3.8, 4) is 0 Å². The molecule has 1 saturated heterocycles. The number of nitrogens with one attached hydrogen (secondary N) is 2. The maximum atomic E-state index is 11.1. The van der Waals surface area contributed by atoms with Gasteiger partial charge in [0, 0.05) is 20.1 Å². The maximum Gasteiger partial charge on any atom is 0.333 e.